The molecular weight excluding hydrogens is 662 g/mol. The van der Waals surface area contributed by atoms with Crippen LogP contribution in [-0.4, -0.2) is 64.0 Å². The first-order chi connectivity index (χ1) is 23.4. The SMILES string of the molecule is CC(C)c1nnc(-c2ccc(Oc3cc(C(=O)NC4CCN(C5CCOCC5)CC4)c(F)cc3Cn3cc(C(F)(F)F)ccc3=O)cc2)s1. The van der Waals surface area contributed by atoms with Gasteiger partial charge < -0.3 is 24.3 Å². The molecule has 0 spiro atoms. The number of aromatic nitrogens is 3. The maximum Gasteiger partial charge on any atom is 0.417 e. The van der Waals surface area contributed by atoms with Crippen molar-refractivity contribution in [3.8, 4) is 22.1 Å². The Kier molecular flexibility index (Phi) is 10.5. The second-order valence-corrected chi connectivity index (χ2v) is 13.7. The standard InChI is InChI=1S/C35H37F4N5O4S/c1-21(2)33-41-42-34(49-33)22-3-6-27(7-4-22)48-30-18-28(32(46)40-25-9-13-43(14-10-25)26-11-15-47-16-12-26)29(36)17-23(30)19-44-20-24(35(37,38)39)5-8-31(44)45/h3-8,17-18,20-21,25-26H,9-16,19H2,1-2H3,(H,40,46). The monoisotopic (exact) mass is 699 g/mol. The highest BCUT2D eigenvalue weighted by molar-refractivity contribution is 7.14. The summed E-state index contributed by atoms with van der Waals surface area (Å²) in [6.07, 6.45) is -0.622. The van der Waals surface area contributed by atoms with Crippen LogP contribution in [-0.2, 0) is 17.5 Å². The second kappa shape index (κ2) is 14.8. The van der Waals surface area contributed by atoms with Gasteiger partial charge in [0, 0.05) is 67.7 Å². The zero-order chi connectivity index (χ0) is 34.7. The largest absolute Gasteiger partial charge is 0.457 e. The van der Waals surface area contributed by atoms with E-state index >= 15 is 4.39 Å². The lowest BCUT2D eigenvalue weighted by Gasteiger charge is -2.39. The number of amides is 1. The quantitative estimate of drug-likeness (QED) is 0.191. The van der Waals surface area contributed by atoms with E-state index in [-0.39, 0.29) is 28.8 Å². The first-order valence-corrected chi connectivity index (χ1v) is 17.1. The number of carbonyl (C=O) groups is 1. The molecule has 14 heteroatoms. The molecule has 2 aliphatic rings. The molecule has 6 rings (SSSR count). The van der Waals surface area contributed by atoms with Crippen molar-refractivity contribution in [3.63, 3.8) is 0 Å². The van der Waals surface area contributed by atoms with Gasteiger partial charge in [0.1, 0.15) is 27.3 Å². The van der Waals surface area contributed by atoms with Crippen molar-refractivity contribution in [2.24, 2.45) is 0 Å². The van der Waals surface area contributed by atoms with Gasteiger partial charge in [-0.1, -0.05) is 25.2 Å². The lowest BCUT2D eigenvalue weighted by Crippen LogP contribution is -2.49. The van der Waals surface area contributed by atoms with Crippen LogP contribution in [0.3, 0.4) is 0 Å². The summed E-state index contributed by atoms with van der Waals surface area (Å²) in [6.45, 7) is 6.74. The van der Waals surface area contributed by atoms with Gasteiger partial charge in [0.15, 0.2) is 0 Å². The molecule has 4 aromatic rings. The van der Waals surface area contributed by atoms with Crippen molar-refractivity contribution in [1.82, 2.24) is 25.0 Å². The molecule has 4 heterocycles. The van der Waals surface area contributed by atoms with E-state index in [1.807, 2.05) is 13.8 Å². The Morgan fingerprint density at radius 2 is 1.76 bits per heavy atom. The third-order valence-corrected chi connectivity index (χ3v) is 10.2. The molecule has 2 fully saturated rings. The van der Waals surface area contributed by atoms with Crippen LogP contribution in [0.25, 0.3) is 10.6 Å². The number of nitrogens with one attached hydrogen (secondary N) is 1. The molecule has 0 unspecified atom stereocenters. The minimum absolute atomic E-state index is 0.0240. The molecule has 0 bridgehead atoms. The molecule has 0 radical (unpaired) electrons. The highest BCUT2D eigenvalue weighted by Gasteiger charge is 2.32. The van der Waals surface area contributed by atoms with Gasteiger partial charge >= 0.3 is 6.18 Å². The van der Waals surface area contributed by atoms with Gasteiger partial charge in [-0.2, -0.15) is 13.2 Å². The smallest absolute Gasteiger partial charge is 0.417 e. The van der Waals surface area contributed by atoms with E-state index in [9.17, 15) is 22.8 Å². The summed E-state index contributed by atoms with van der Waals surface area (Å²) in [7, 11) is 0. The lowest BCUT2D eigenvalue weighted by atomic mass is 9.99. The van der Waals surface area contributed by atoms with E-state index in [0.29, 0.717) is 36.9 Å². The molecule has 2 aromatic heterocycles. The number of rotatable bonds is 9. The Labute approximate surface area is 284 Å². The van der Waals surface area contributed by atoms with Gasteiger partial charge in [-0.25, -0.2) is 4.39 Å². The van der Waals surface area contributed by atoms with Crippen molar-refractivity contribution in [2.75, 3.05) is 26.3 Å². The molecule has 49 heavy (non-hydrogen) atoms. The average Bonchev–Trinajstić information content (AvgIpc) is 3.58. The number of likely N-dealkylation sites (tertiary alicyclic amines) is 1. The fourth-order valence-corrected chi connectivity index (χ4v) is 6.94. The van der Waals surface area contributed by atoms with E-state index < -0.39 is 35.6 Å². The van der Waals surface area contributed by atoms with Crippen LogP contribution in [0, 0.1) is 5.82 Å². The van der Waals surface area contributed by atoms with Crippen LogP contribution < -0.4 is 15.6 Å². The van der Waals surface area contributed by atoms with Crippen molar-refractivity contribution in [2.45, 2.75) is 70.3 Å². The van der Waals surface area contributed by atoms with Crippen LogP contribution in [0.4, 0.5) is 17.6 Å². The zero-order valence-electron chi connectivity index (χ0n) is 27.1. The summed E-state index contributed by atoms with van der Waals surface area (Å²) in [6, 6.07) is 11.0. The van der Waals surface area contributed by atoms with Crippen molar-refractivity contribution >= 4 is 17.2 Å². The minimum Gasteiger partial charge on any atom is -0.457 e. The Balaban J connectivity index is 1.25. The maximum absolute atomic E-state index is 15.6. The average molecular weight is 700 g/mol. The summed E-state index contributed by atoms with van der Waals surface area (Å²) < 4.78 is 68.4. The van der Waals surface area contributed by atoms with Crippen molar-refractivity contribution in [1.29, 1.82) is 0 Å². The Morgan fingerprint density at radius 1 is 1.04 bits per heavy atom. The minimum atomic E-state index is -4.69. The van der Waals surface area contributed by atoms with Gasteiger partial charge in [-0.15, -0.1) is 10.2 Å². The van der Waals surface area contributed by atoms with E-state index in [4.69, 9.17) is 9.47 Å². The molecule has 0 atom stereocenters. The van der Waals surface area contributed by atoms with Gasteiger partial charge in [0.2, 0.25) is 0 Å². The van der Waals surface area contributed by atoms with Crippen LogP contribution in [0.5, 0.6) is 11.5 Å². The predicted octanol–water partition coefficient (Wildman–Crippen LogP) is 6.86. The first kappa shape index (κ1) is 34.7. The van der Waals surface area contributed by atoms with E-state index in [1.165, 1.54) is 17.4 Å². The molecule has 2 aliphatic heterocycles. The molecule has 0 aliphatic carbocycles. The summed E-state index contributed by atoms with van der Waals surface area (Å²) in [5.74, 6) is -0.926. The third kappa shape index (κ3) is 8.36. The molecule has 0 saturated carbocycles. The number of piperidine rings is 1. The van der Waals surface area contributed by atoms with Crippen LogP contribution in [0.15, 0.2) is 59.5 Å². The highest BCUT2D eigenvalue weighted by Crippen LogP contribution is 2.33. The predicted molar refractivity (Wildman–Crippen MR) is 177 cm³/mol. The van der Waals surface area contributed by atoms with E-state index in [1.54, 1.807) is 24.3 Å². The van der Waals surface area contributed by atoms with E-state index in [0.717, 1.165) is 71.4 Å². The first-order valence-electron chi connectivity index (χ1n) is 16.3. The molecule has 2 aromatic carbocycles. The second-order valence-electron chi connectivity index (χ2n) is 12.7. The van der Waals surface area contributed by atoms with Crippen LogP contribution >= 0.6 is 11.3 Å². The Hall–Kier alpha value is -4.14. The normalized spacial score (nSPS) is 16.6. The molecular formula is C35H37F4N5O4S. The maximum atomic E-state index is 15.6. The number of pyridine rings is 1. The Bertz CT molecular complexity index is 1830. The number of carbonyl (C=O) groups excluding carboxylic acids is 1. The number of alkyl halides is 3. The highest BCUT2D eigenvalue weighted by atomic mass is 32.1. The number of halogens is 4. The fourth-order valence-electron chi connectivity index (χ4n) is 6.09. The van der Waals surface area contributed by atoms with Gasteiger partial charge in [-0.05, 0) is 68.1 Å². The van der Waals surface area contributed by atoms with Gasteiger partial charge in [0.05, 0.1) is 17.7 Å². The number of benzene rings is 2. The third-order valence-electron chi connectivity index (χ3n) is 8.88. The summed E-state index contributed by atoms with van der Waals surface area (Å²) >= 11 is 1.47. The molecule has 260 valence electrons. The lowest BCUT2D eigenvalue weighted by molar-refractivity contribution is -0.138. The number of hydrogen-bond acceptors (Lipinski definition) is 8. The van der Waals surface area contributed by atoms with Gasteiger partial charge in [-0.3, -0.25) is 9.59 Å². The Morgan fingerprint density at radius 3 is 2.41 bits per heavy atom. The van der Waals surface area contributed by atoms with E-state index in [2.05, 4.69) is 20.4 Å². The molecule has 1 amide bonds. The van der Waals surface area contributed by atoms with Crippen molar-refractivity contribution in [3.05, 3.63) is 92.6 Å². The van der Waals surface area contributed by atoms with Crippen LogP contribution in [0.2, 0.25) is 0 Å². The fraction of sp³-hybridized carbons (Fsp3) is 0.429. The molecule has 9 nitrogen and oxygen atoms in total. The summed E-state index contributed by atoms with van der Waals surface area (Å²) in [5.41, 5.74) is -1.13. The topological polar surface area (TPSA) is 98.6 Å². The number of nitrogens with zero attached hydrogens (tertiary/aromatic N) is 4. The zero-order valence-corrected chi connectivity index (χ0v) is 28.0. The van der Waals surface area contributed by atoms with Crippen molar-refractivity contribution < 1.29 is 31.8 Å². The van der Waals surface area contributed by atoms with Crippen LogP contribution in [0.1, 0.15) is 71.9 Å². The molecule has 1 N–H and O–H groups in total. The summed E-state index contributed by atoms with van der Waals surface area (Å²) in [4.78, 5) is 28.4. The summed E-state index contributed by atoms with van der Waals surface area (Å²) in [5, 5.41) is 13.0. The number of ether oxygens (including phenoxy) is 2. The van der Waals surface area contributed by atoms with Gasteiger partial charge in [0.25, 0.3) is 11.5 Å². The molecule has 2 saturated heterocycles. The number of hydrogen-bond donors (Lipinski definition) is 1.